The molecule has 0 spiro atoms. The molecule has 2 aromatic heterocycles. The second kappa shape index (κ2) is 8.85. The molecule has 2 aliphatic rings. The smallest absolute Gasteiger partial charge is 0.302 e. The van der Waals surface area contributed by atoms with Crippen molar-refractivity contribution in [1.29, 1.82) is 0 Å². The topological polar surface area (TPSA) is 115 Å². The Kier molecular flexibility index (Phi) is 5.42. The molecule has 4 heterocycles. The first-order valence-electron chi connectivity index (χ1n) is 12.4. The van der Waals surface area contributed by atoms with E-state index in [2.05, 4.69) is 46.4 Å². The minimum absolute atomic E-state index is 0.154. The number of aliphatic hydroxyl groups excluding tert-OH is 2. The van der Waals surface area contributed by atoms with Crippen LogP contribution in [0.25, 0.3) is 11.2 Å². The Hall–Kier alpha value is -3.88. The third-order valence-corrected chi connectivity index (χ3v) is 10.9. The van der Waals surface area contributed by atoms with Gasteiger partial charge in [0.25, 0.3) is 0 Å². The SMILES string of the molecule is O=c1nc(N=P(c2ccccc2)(c2ccccc2)c2ccccc2)n2c3c1ncn3[C@@H]1O[C@H](C2)[C@@H](O)[C@H]1O. The summed E-state index contributed by atoms with van der Waals surface area (Å²) in [5, 5.41) is 24.3. The number of ether oxygens (including phenoxy) is 1. The first-order chi connectivity index (χ1) is 18.6. The van der Waals surface area contributed by atoms with Crippen LogP contribution in [0.2, 0.25) is 0 Å². The summed E-state index contributed by atoms with van der Waals surface area (Å²) in [6.07, 6.45) is -2.35. The van der Waals surface area contributed by atoms with Gasteiger partial charge in [-0.25, -0.2) is 9.73 Å². The number of rotatable bonds is 4. The first kappa shape index (κ1) is 23.3. The van der Waals surface area contributed by atoms with Crippen molar-refractivity contribution < 1.29 is 14.9 Å². The Morgan fingerprint density at radius 1 is 0.842 bits per heavy atom. The van der Waals surface area contributed by atoms with E-state index in [0.29, 0.717) is 5.65 Å². The van der Waals surface area contributed by atoms with Crippen LogP contribution in [0.5, 0.6) is 0 Å². The normalized spacial score (nSPS) is 22.4. The van der Waals surface area contributed by atoms with Crippen LogP contribution in [0.1, 0.15) is 6.23 Å². The van der Waals surface area contributed by atoms with Crippen molar-refractivity contribution in [3.05, 3.63) is 108 Å². The van der Waals surface area contributed by atoms with Gasteiger partial charge in [-0.15, -0.1) is 0 Å². The molecular weight excluding hydrogens is 501 g/mol. The molecule has 2 bridgehead atoms. The van der Waals surface area contributed by atoms with Crippen molar-refractivity contribution in [2.75, 3.05) is 0 Å². The molecule has 190 valence electrons. The van der Waals surface area contributed by atoms with E-state index in [4.69, 9.17) is 9.48 Å². The van der Waals surface area contributed by atoms with Gasteiger partial charge in [0.05, 0.1) is 19.9 Å². The molecule has 0 saturated carbocycles. The predicted molar refractivity (Wildman–Crippen MR) is 145 cm³/mol. The second-order valence-electron chi connectivity index (χ2n) is 9.44. The molecule has 0 radical (unpaired) electrons. The molecule has 5 aromatic rings. The van der Waals surface area contributed by atoms with Crippen molar-refractivity contribution in [2.45, 2.75) is 31.1 Å². The molecule has 0 aliphatic carbocycles. The van der Waals surface area contributed by atoms with E-state index in [9.17, 15) is 15.0 Å². The van der Waals surface area contributed by atoms with Gasteiger partial charge in [0.1, 0.15) is 18.3 Å². The first-order valence-corrected chi connectivity index (χ1v) is 14.1. The molecule has 2 N–H and O–H groups in total. The highest BCUT2D eigenvalue weighted by Crippen LogP contribution is 2.49. The van der Waals surface area contributed by atoms with E-state index in [1.54, 1.807) is 9.13 Å². The summed E-state index contributed by atoms with van der Waals surface area (Å²) in [4.78, 5) is 22.0. The lowest BCUT2D eigenvalue weighted by Gasteiger charge is -2.27. The molecule has 10 heteroatoms. The summed E-state index contributed by atoms with van der Waals surface area (Å²) in [6.45, 7) is 0.154. The molecule has 2 aliphatic heterocycles. The van der Waals surface area contributed by atoms with Gasteiger partial charge >= 0.3 is 5.56 Å². The van der Waals surface area contributed by atoms with E-state index in [1.807, 2.05) is 54.6 Å². The van der Waals surface area contributed by atoms with E-state index >= 15 is 0 Å². The lowest BCUT2D eigenvalue weighted by atomic mass is 10.1. The van der Waals surface area contributed by atoms with Gasteiger partial charge in [0.15, 0.2) is 17.4 Å². The molecule has 4 atom stereocenters. The van der Waals surface area contributed by atoms with Gasteiger partial charge in [-0.1, -0.05) is 91.0 Å². The van der Waals surface area contributed by atoms with Crippen LogP contribution in [0.4, 0.5) is 5.95 Å². The highest BCUT2D eigenvalue weighted by atomic mass is 31.2. The Morgan fingerprint density at radius 2 is 1.39 bits per heavy atom. The summed E-state index contributed by atoms with van der Waals surface area (Å²) >= 11 is 0. The number of imidazole rings is 1. The number of benzene rings is 3. The van der Waals surface area contributed by atoms with Crippen LogP contribution in [0.15, 0.2) is 107 Å². The fourth-order valence-corrected chi connectivity index (χ4v) is 8.95. The van der Waals surface area contributed by atoms with Gasteiger partial charge in [-0.05, 0) is 0 Å². The summed E-state index contributed by atoms with van der Waals surface area (Å²) in [5.74, 6) is 0.229. The van der Waals surface area contributed by atoms with Crippen molar-refractivity contribution in [3.63, 3.8) is 0 Å². The monoisotopic (exact) mass is 525 g/mol. The third kappa shape index (κ3) is 3.37. The maximum Gasteiger partial charge on any atom is 0.302 e. The number of nitrogens with zero attached hydrogens (tertiary/aromatic N) is 5. The molecule has 9 nitrogen and oxygen atoms in total. The van der Waals surface area contributed by atoms with Crippen molar-refractivity contribution in [1.82, 2.24) is 19.1 Å². The number of hydrogen-bond acceptors (Lipinski definition) is 7. The second-order valence-corrected chi connectivity index (χ2v) is 12.5. The maximum atomic E-state index is 13.3. The number of aliphatic hydroxyl groups is 2. The van der Waals surface area contributed by atoms with Gasteiger partial charge in [0, 0.05) is 15.9 Å². The average Bonchev–Trinajstić information content (AvgIpc) is 3.46. The largest absolute Gasteiger partial charge is 0.387 e. The molecular formula is C28H24N5O4P. The zero-order valence-electron chi connectivity index (χ0n) is 20.1. The lowest BCUT2D eigenvalue weighted by molar-refractivity contribution is -0.0330. The number of hydrogen-bond donors (Lipinski definition) is 2. The van der Waals surface area contributed by atoms with Gasteiger partial charge < -0.3 is 14.9 Å². The number of fused-ring (bicyclic) bond motifs is 3. The van der Waals surface area contributed by atoms with Crippen LogP contribution >= 0.6 is 7.05 Å². The molecule has 1 fully saturated rings. The minimum atomic E-state index is -2.72. The zero-order chi connectivity index (χ0) is 25.9. The number of aromatic nitrogens is 4. The van der Waals surface area contributed by atoms with Crippen LogP contribution in [-0.2, 0) is 11.3 Å². The van der Waals surface area contributed by atoms with Crippen LogP contribution < -0.4 is 21.5 Å². The Morgan fingerprint density at radius 3 is 1.95 bits per heavy atom. The van der Waals surface area contributed by atoms with Crippen LogP contribution in [0, 0.1) is 0 Å². The Labute approximate surface area is 217 Å². The van der Waals surface area contributed by atoms with Gasteiger partial charge in [0.2, 0.25) is 5.95 Å². The summed E-state index contributed by atoms with van der Waals surface area (Å²) < 4.78 is 14.8. The van der Waals surface area contributed by atoms with Crippen molar-refractivity contribution in [2.24, 2.45) is 4.74 Å². The lowest BCUT2D eigenvalue weighted by Crippen LogP contribution is -2.36. The summed E-state index contributed by atoms with van der Waals surface area (Å²) in [6, 6.07) is 30.2. The summed E-state index contributed by atoms with van der Waals surface area (Å²) in [7, 11) is -2.72. The average molecular weight is 526 g/mol. The zero-order valence-corrected chi connectivity index (χ0v) is 21.0. The van der Waals surface area contributed by atoms with Gasteiger partial charge in [-0.2, -0.15) is 4.98 Å². The molecule has 0 amide bonds. The highest BCUT2D eigenvalue weighted by molar-refractivity contribution is 7.87. The third-order valence-electron chi connectivity index (χ3n) is 7.27. The molecule has 7 rings (SSSR count). The van der Waals surface area contributed by atoms with E-state index < -0.39 is 37.2 Å². The fourth-order valence-electron chi connectivity index (χ4n) is 5.48. The van der Waals surface area contributed by atoms with E-state index in [1.165, 1.54) is 6.33 Å². The highest BCUT2D eigenvalue weighted by Gasteiger charge is 2.47. The van der Waals surface area contributed by atoms with Crippen molar-refractivity contribution in [3.8, 4) is 0 Å². The van der Waals surface area contributed by atoms with E-state index in [-0.39, 0.29) is 18.0 Å². The molecule has 1 saturated heterocycles. The predicted octanol–water partition coefficient (Wildman–Crippen LogP) is 2.03. The van der Waals surface area contributed by atoms with Crippen molar-refractivity contribution >= 4 is 40.1 Å². The van der Waals surface area contributed by atoms with Crippen LogP contribution in [0.3, 0.4) is 0 Å². The minimum Gasteiger partial charge on any atom is -0.387 e. The maximum absolute atomic E-state index is 13.3. The molecule has 38 heavy (non-hydrogen) atoms. The summed E-state index contributed by atoms with van der Waals surface area (Å²) in [5.41, 5.74) is 0.133. The fraction of sp³-hybridized carbons (Fsp3) is 0.179. The molecule has 3 aromatic carbocycles. The quantitative estimate of drug-likeness (QED) is 0.347. The van der Waals surface area contributed by atoms with Gasteiger partial charge in [-0.3, -0.25) is 13.9 Å². The molecule has 0 unspecified atom stereocenters. The Balaban J connectivity index is 1.62. The van der Waals surface area contributed by atoms with Crippen LogP contribution in [-0.4, -0.2) is 47.6 Å². The van der Waals surface area contributed by atoms with E-state index in [0.717, 1.165) is 15.9 Å². The standard InChI is InChI=1S/C28H24N5O4P/c34-23-21-16-32-26-22(29-17-33(26)27(37-21)24(23)35)25(36)30-28(32)31-38(18-10-4-1-5-11-18,19-12-6-2-7-13-19)20-14-8-3-9-15-20/h1-15,17,21,23-24,27,34-35H,16H2/t21-,23-,24-,27-/m1/s1. The Bertz CT molecular complexity index is 1650.